The van der Waals surface area contributed by atoms with Crippen molar-refractivity contribution in [1.82, 2.24) is 9.88 Å². The zero-order valence-electron chi connectivity index (χ0n) is 27.4. The summed E-state index contributed by atoms with van der Waals surface area (Å²) >= 11 is 1.83. The SMILES string of the molecule is C=NC(NC(=N)c1cccc2oc3ccc(-c4cccc5sc6cccc(-n7c8ccccc8c8ccccc87)c6c45)cc3c12)c1ccccc1. The zero-order valence-corrected chi connectivity index (χ0v) is 28.2. The van der Waals surface area contributed by atoms with Crippen LogP contribution in [0, 0.1) is 5.41 Å². The van der Waals surface area contributed by atoms with Crippen molar-refractivity contribution in [2.45, 2.75) is 6.17 Å². The first-order valence-corrected chi connectivity index (χ1v) is 17.7. The lowest BCUT2D eigenvalue weighted by molar-refractivity contribution is 0.668. The number of furan rings is 1. The van der Waals surface area contributed by atoms with E-state index in [0.717, 1.165) is 44.2 Å². The third-order valence-electron chi connectivity index (χ3n) is 9.98. The molecule has 0 aliphatic heterocycles. The number of aliphatic imine (C=N–C) groups is 1. The lowest BCUT2D eigenvalue weighted by Gasteiger charge is -2.17. The number of para-hydroxylation sites is 2. The van der Waals surface area contributed by atoms with Crippen molar-refractivity contribution < 1.29 is 4.42 Å². The van der Waals surface area contributed by atoms with Gasteiger partial charge >= 0.3 is 0 Å². The maximum Gasteiger partial charge on any atom is 0.145 e. The fraction of sp³-hybridized carbons (Fsp3) is 0.0222. The summed E-state index contributed by atoms with van der Waals surface area (Å²) < 4.78 is 11.3. The number of aromatic nitrogens is 1. The van der Waals surface area contributed by atoms with Crippen LogP contribution < -0.4 is 5.32 Å². The van der Waals surface area contributed by atoms with Crippen LogP contribution in [0.25, 0.3) is 80.7 Å². The van der Waals surface area contributed by atoms with Crippen molar-refractivity contribution in [3.8, 4) is 16.8 Å². The van der Waals surface area contributed by atoms with E-state index in [2.05, 4.69) is 125 Å². The molecule has 6 heteroatoms. The highest BCUT2D eigenvalue weighted by atomic mass is 32.1. The van der Waals surface area contributed by atoms with Crippen molar-refractivity contribution >= 4 is 87.8 Å². The standard InChI is InChI=1S/C45H30N4OS/c1-47-45(27-12-3-2-4-13-27)48-44(46)32-17-9-21-38-41(32)33-26-28(24-25-37(33)50-38)29-16-10-22-39-42(29)43-36(20-11-23-40(43)51-39)49-34-18-7-5-14-30(34)31-15-6-8-19-35(31)49/h2-26,45H,1H2,(H2,46,48). The van der Waals surface area contributed by atoms with Crippen LogP contribution in [-0.4, -0.2) is 17.1 Å². The second-order valence-electron chi connectivity index (χ2n) is 12.8. The molecule has 1 unspecified atom stereocenters. The summed E-state index contributed by atoms with van der Waals surface area (Å²) in [6, 6.07) is 52.8. The Morgan fingerprint density at radius 3 is 2.10 bits per heavy atom. The topological polar surface area (TPSA) is 66.3 Å². The Morgan fingerprint density at radius 1 is 0.647 bits per heavy atom. The van der Waals surface area contributed by atoms with Crippen molar-refractivity contribution in [3.05, 3.63) is 163 Å². The highest BCUT2D eigenvalue weighted by Gasteiger charge is 2.21. The molecule has 10 aromatic rings. The van der Waals surface area contributed by atoms with Gasteiger partial charge in [-0.2, -0.15) is 0 Å². The number of hydrogen-bond donors (Lipinski definition) is 2. The van der Waals surface area contributed by atoms with Gasteiger partial charge in [-0.15, -0.1) is 11.3 Å². The lowest BCUT2D eigenvalue weighted by Crippen LogP contribution is -2.27. The number of thiophene rings is 1. The van der Waals surface area contributed by atoms with Crippen molar-refractivity contribution in [1.29, 1.82) is 5.41 Å². The summed E-state index contributed by atoms with van der Waals surface area (Å²) in [5.41, 5.74) is 9.03. The summed E-state index contributed by atoms with van der Waals surface area (Å²) in [5, 5.41) is 19.3. The Hall–Kier alpha value is -6.50. The van der Waals surface area contributed by atoms with Gasteiger partial charge in [0, 0.05) is 47.3 Å². The number of hydrogen-bond acceptors (Lipinski definition) is 4. The minimum atomic E-state index is -0.448. The maximum absolute atomic E-state index is 9.17. The Kier molecular flexibility index (Phi) is 6.66. The molecule has 5 nitrogen and oxygen atoms in total. The molecular formula is C45H30N4OS. The average molecular weight is 675 g/mol. The van der Waals surface area contributed by atoms with E-state index in [1.54, 1.807) is 0 Å². The summed E-state index contributed by atoms with van der Waals surface area (Å²) in [6.07, 6.45) is -0.448. The number of amidine groups is 1. The largest absolute Gasteiger partial charge is 0.456 e. The molecule has 0 fully saturated rings. The highest BCUT2D eigenvalue weighted by molar-refractivity contribution is 7.26. The van der Waals surface area contributed by atoms with Gasteiger partial charge in [0.15, 0.2) is 0 Å². The molecule has 0 aliphatic carbocycles. The Bertz CT molecular complexity index is 2950. The molecule has 0 spiro atoms. The van der Waals surface area contributed by atoms with Gasteiger partial charge in [-0.05, 0) is 71.9 Å². The Labute approximate surface area is 297 Å². The maximum atomic E-state index is 9.17. The van der Waals surface area contributed by atoms with Crippen LogP contribution in [0.5, 0.6) is 0 Å². The van der Waals surface area contributed by atoms with Crippen molar-refractivity contribution in [3.63, 3.8) is 0 Å². The molecule has 0 radical (unpaired) electrons. The molecule has 3 heterocycles. The molecule has 0 amide bonds. The smallest absolute Gasteiger partial charge is 0.145 e. The van der Waals surface area contributed by atoms with E-state index in [-0.39, 0.29) is 5.84 Å². The van der Waals surface area contributed by atoms with Crippen LogP contribution in [0.4, 0.5) is 0 Å². The van der Waals surface area contributed by atoms with E-state index in [1.165, 1.54) is 47.7 Å². The third-order valence-corrected chi connectivity index (χ3v) is 11.1. The number of rotatable bonds is 6. The second-order valence-corrected chi connectivity index (χ2v) is 13.9. The lowest BCUT2D eigenvalue weighted by atomic mass is 9.96. The third kappa shape index (κ3) is 4.54. The van der Waals surface area contributed by atoms with Gasteiger partial charge < -0.3 is 14.3 Å². The number of benzene rings is 7. The fourth-order valence-electron chi connectivity index (χ4n) is 7.74. The van der Waals surface area contributed by atoms with Crippen LogP contribution in [0.2, 0.25) is 0 Å². The van der Waals surface area contributed by atoms with E-state index < -0.39 is 6.17 Å². The summed E-state index contributed by atoms with van der Waals surface area (Å²) in [5.74, 6) is 0.261. The second kappa shape index (κ2) is 11.5. The Morgan fingerprint density at radius 2 is 1.33 bits per heavy atom. The molecule has 3 aromatic heterocycles. The van der Waals surface area contributed by atoms with Crippen molar-refractivity contribution in [2.24, 2.45) is 4.99 Å². The minimum absolute atomic E-state index is 0.261. The molecule has 242 valence electrons. The first-order chi connectivity index (χ1) is 25.2. The van der Waals surface area contributed by atoms with Gasteiger partial charge in [-0.3, -0.25) is 10.4 Å². The van der Waals surface area contributed by atoms with Crippen LogP contribution in [0.1, 0.15) is 17.3 Å². The van der Waals surface area contributed by atoms with Crippen LogP contribution >= 0.6 is 11.3 Å². The predicted octanol–water partition coefficient (Wildman–Crippen LogP) is 12.0. The average Bonchev–Trinajstić information content (AvgIpc) is 3.86. The first-order valence-electron chi connectivity index (χ1n) is 16.9. The van der Waals surface area contributed by atoms with Crippen LogP contribution in [0.15, 0.2) is 161 Å². The molecule has 7 aromatic carbocycles. The predicted molar refractivity (Wildman–Crippen MR) is 215 cm³/mol. The minimum Gasteiger partial charge on any atom is -0.456 e. The molecule has 10 rings (SSSR count). The van der Waals surface area contributed by atoms with Gasteiger partial charge in [-0.1, -0.05) is 103 Å². The highest BCUT2D eigenvalue weighted by Crippen LogP contribution is 2.45. The molecule has 0 saturated carbocycles. The zero-order chi connectivity index (χ0) is 34.1. The van der Waals surface area contributed by atoms with E-state index in [1.807, 2.05) is 59.9 Å². The Balaban J connectivity index is 1.17. The first kappa shape index (κ1) is 29.4. The van der Waals surface area contributed by atoms with Crippen LogP contribution in [-0.2, 0) is 0 Å². The van der Waals surface area contributed by atoms with Crippen molar-refractivity contribution in [2.75, 3.05) is 0 Å². The van der Waals surface area contributed by atoms with Gasteiger partial charge in [0.1, 0.15) is 23.2 Å². The van der Waals surface area contributed by atoms with E-state index >= 15 is 0 Å². The van der Waals surface area contributed by atoms with Gasteiger partial charge in [0.25, 0.3) is 0 Å². The van der Waals surface area contributed by atoms with E-state index in [0.29, 0.717) is 0 Å². The number of fused-ring (bicyclic) bond motifs is 9. The molecule has 0 bridgehead atoms. The normalized spacial score (nSPS) is 12.4. The van der Waals surface area contributed by atoms with E-state index in [4.69, 9.17) is 9.83 Å². The molecule has 0 aliphatic rings. The van der Waals surface area contributed by atoms with Crippen LogP contribution in [0.3, 0.4) is 0 Å². The molecule has 1 atom stereocenters. The summed E-state index contributed by atoms with van der Waals surface area (Å²) in [7, 11) is 0. The fourth-order valence-corrected chi connectivity index (χ4v) is 8.90. The molecule has 2 N–H and O–H groups in total. The quantitative estimate of drug-likeness (QED) is 0.136. The molecule has 0 saturated heterocycles. The number of nitrogens with one attached hydrogen (secondary N) is 2. The molecular weight excluding hydrogens is 645 g/mol. The van der Waals surface area contributed by atoms with E-state index in [9.17, 15) is 0 Å². The van der Waals surface area contributed by atoms with Gasteiger partial charge in [-0.25, -0.2) is 0 Å². The van der Waals surface area contributed by atoms with Gasteiger partial charge in [0.2, 0.25) is 0 Å². The summed E-state index contributed by atoms with van der Waals surface area (Å²) in [4.78, 5) is 4.29. The summed E-state index contributed by atoms with van der Waals surface area (Å²) in [6.45, 7) is 3.80. The monoisotopic (exact) mass is 674 g/mol. The number of nitrogens with zero attached hydrogens (tertiary/aromatic N) is 2. The van der Waals surface area contributed by atoms with Gasteiger partial charge in [0.05, 0.1) is 16.7 Å². The molecule has 51 heavy (non-hydrogen) atoms.